The van der Waals surface area contributed by atoms with Gasteiger partial charge in [-0.25, -0.2) is 12.7 Å². The van der Waals surface area contributed by atoms with Crippen molar-refractivity contribution in [2.24, 2.45) is 5.92 Å². The highest BCUT2D eigenvalue weighted by atomic mass is 32.2. The van der Waals surface area contributed by atoms with Gasteiger partial charge in [-0.05, 0) is 18.6 Å². The predicted molar refractivity (Wildman–Crippen MR) is 90.0 cm³/mol. The number of sulfonamides is 1. The lowest BCUT2D eigenvalue weighted by molar-refractivity contribution is 0.148. The number of β-amino-alcohol motifs (C(OH)–C–C–N with tert-alkyl or cyclic N) is 1. The van der Waals surface area contributed by atoms with Gasteiger partial charge in [0.15, 0.2) is 0 Å². The minimum atomic E-state index is -3.31. The number of aliphatic hydroxyl groups excluding tert-OH is 1. The molecule has 2 unspecified atom stereocenters. The van der Waals surface area contributed by atoms with E-state index in [0.29, 0.717) is 19.6 Å². The van der Waals surface area contributed by atoms with Gasteiger partial charge < -0.3 is 9.84 Å². The summed E-state index contributed by atoms with van der Waals surface area (Å²) in [7, 11) is 1.37. The summed E-state index contributed by atoms with van der Waals surface area (Å²) < 4.78 is 30.6. The SMILES string of the molecule is COc1cc(C)ccc1CN1CC(O)C(CS(=O)(=O)N(C)C)C1. The summed E-state index contributed by atoms with van der Waals surface area (Å²) in [5, 5.41) is 10.2. The molecule has 0 saturated carbocycles. The van der Waals surface area contributed by atoms with E-state index in [1.54, 1.807) is 7.11 Å². The van der Waals surface area contributed by atoms with E-state index in [1.807, 2.05) is 25.1 Å². The number of benzene rings is 1. The zero-order valence-corrected chi connectivity index (χ0v) is 15.0. The first-order chi connectivity index (χ1) is 10.7. The molecule has 1 aromatic carbocycles. The van der Waals surface area contributed by atoms with E-state index < -0.39 is 16.1 Å². The normalized spacial score (nSPS) is 22.7. The van der Waals surface area contributed by atoms with Crippen LogP contribution in [-0.2, 0) is 16.6 Å². The van der Waals surface area contributed by atoms with Gasteiger partial charge in [0.05, 0.1) is 19.0 Å². The molecule has 2 rings (SSSR count). The molecule has 0 amide bonds. The van der Waals surface area contributed by atoms with Crippen LogP contribution in [0.15, 0.2) is 18.2 Å². The molecule has 1 heterocycles. The van der Waals surface area contributed by atoms with E-state index in [-0.39, 0.29) is 11.7 Å². The predicted octanol–water partition coefficient (Wildman–Crippen LogP) is 0.688. The van der Waals surface area contributed by atoms with Gasteiger partial charge in [-0.2, -0.15) is 0 Å². The maximum absolute atomic E-state index is 12.0. The van der Waals surface area contributed by atoms with Gasteiger partial charge >= 0.3 is 0 Å². The van der Waals surface area contributed by atoms with Crippen molar-refractivity contribution >= 4 is 10.0 Å². The number of hydrogen-bond donors (Lipinski definition) is 1. The van der Waals surface area contributed by atoms with Gasteiger partial charge in [0.25, 0.3) is 0 Å². The molecule has 23 heavy (non-hydrogen) atoms. The lowest BCUT2D eigenvalue weighted by Gasteiger charge is -2.19. The van der Waals surface area contributed by atoms with E-state index in [9.17, 15) is 13.5 Å². The Bertz CT molecular complexity index is 645. The van der Waals surface area contributed by atoms with Gasteiger partial charge in [0, 0.05) is 45.2 Å². The Balaban J connectivity index is 2.05. The molecule has 0 spiro atoms. The van der Waals surface area contributed by atoms with Crippen molar-refractivity contribution in [3.8, 4) is 5.75 Å². The summed E-state index contributed by atoms with van der Waals surface area (Å²) in [6, 6.07) is 6.03. The average Bonchev–Trinajstić information content (AvgIpc) is 2.80. The van der Waals surface area contributed by atoms with Crippen molar-refractivity contribution in [1.29, 1.82) is 0 Å². The second kappa shape index (κ2) is 7.17. The lowest BCUT2D eigenvalue weighted by Crippen LogP contribution is -2.33. The number of aliphatic hydroxyl groups is 1. The Morgan fingerprint density at radius 3 is 2.65 bits per heavy atom. The number of hydrogen-bond acceptors (Lipinski definition) is 5. The summed E-state index contributed by atoms with van der Waals surface area (Å²) in [5.74, 6) is 0.533. The average molecular weight is 342 g/mol. The fraction of sp³-hybridized carbons (Fsp3) is 0.625. The van der Waals surface area contributed by atoms with E-state index in [4.69, 9.17) is 4.74 Å². The molecule has 2 atom stereocenters. The van der Waals surface area contributed by atoms with E-state index in [2.05, 4.69) is 4.90 Å². The molecule has 1 fully saturated rings. The van der Waals surface area contributed by atoms with Crippen molar-refractivity contribution < 1.29 is 18.3 Å². The van der Waals surface area contributed by atoms with Crippen LogP contribution in [0.2, 0.25) is 0 Å². The number of methoxy groups -OCH3 is 1. The van der Waals surface area contributed by atoms with Crippen molar-refractivity contribution in [3.05, 3.63) is 29.3 Å². The number of ether oxygens (including phenoxy) is 1. The zero-order valence-electron chi connectivity index (χ0n) is 14.2. The summed E-state index contributed by atoms with van der Waals surface area (Å²) in [6.07, 6.45) is -0.624. The monoisotopic (exact) mass is 342 g/mol. The quantitative estimate of drug-likeness (QED) is 0.824. The molecule has 0 aliphatic carbocycles. The highest BCUT2D eigenvalue weighted by molar-refractivity contribution is 7.89. The Morgan fingerprint density at radius 2 is 2.04 bits per heavy atom. The number of likely N-dealkylation sites (tertiary alicyclic amines) is 1. The topological polar surface area (TPSA) is 70.1 Å². The van der Waals surface area contributed by atoms with Crippen LogP contribution in [0, 0.1) is 12.8 Å². The second-order valence-electron chi connectivity index (χ2n) is 6.40. The van der Waals surface area contributed by atoms with Crippen molar-refractivity contribution in [3.63, 3.8) is 0 Å². The third kappa shape index (κ3) is 4.44. The maximum Gasteiger partial charge on any atom is 0.214 e. The molecular weight excluding hydrogens is 316 g/mol. The Hall–Kier alpha value is -1.15. The zero-order chi connectivity index (χ0) is 17.2. The van der Waals surface area contributed by atoms with Crippen molar-refractivity contribution in [2.75, 3.05) is 40.0 Å². The molecule has 0 bridgehead atoms. The minimum absolute atomic E-state index is 0.0251. The van der Waals surface area contributed by atoms with Crippen LogP contribution < -0.4 is 4.74 Å². The van der Waals surface area contributed by atoms with Crippen LogP contribution in [0.25, 0.3) is 0 Å². The highest BCUT2D eigenvalue weighted by Crippen LogP contribution is 2.26. The van der Waals surface area contributed by atoms with E-state index in [1.165, 1.54) is 18.4 Å². The molecule has 0 aromatic heterocycles. The standard InChI is InChI=1S/C16H26N2O4S/c1-12-5-6-13(16(7-12)22-4)8-18-9-14(15(19)10-18)11-23(20,21)17(2)3/h5-7,14-15,19H,8-11H2,1-4H3. The Morgan fingerprint density at radius 1 is 1.35 bits per heavy atom. The van der Waals surface area contributed by atoms with Crippen molar-refractivity contribution in [1.82, 2.24) is 9.21 Å². The summed E-state index contributed by atoms with van der Waals surface area (Å²) in [6.45, 7) is 3.68. The molecule has 0 radical (unpaired) electrons. The molecule has 7 heteroatoms. The highest BCUT2D eigenvalue weighted by Gasteiger charge is 2.35. The van der Waals surface area contributed by atoms with Crippen LogP contribution in [0.4, 0.5) is 0 Å². The first-order valence-corrected chi connectivity index (χ1v) is 9.28. The van der Waals surface area contributed by atoms with Crippen LogP contribution in [0.3, 0.4) is 0 Å². The van der Waals surface area contributed by atoms with Crippen LogP contribution >= 0.6 is 0 Å². The maximum atomic E-state index is 12.0. The molecule has 1 aliphatic rings. The van der Waals surface area contributed by atoms with E-state index in [0.717, 1.165) is 16.9 Å². The van der Waals surface area contributed by atoms with Gasteiger partial charge in [-0.15, -0.1) is 0 Å². The Kier molecular flexibility index (Phi) is 5.67. The molecule has 1 aromatic rings. The molecule has 1 N–H and O–H groups in total. The van der Waals surface area contributed by atoms with Gasteiger partial charge in [0.2, 0.25) is 10.0 Å². The van der Waals surface area contributed by atoms with Crippen LogP contribution in [0.1, 0.15) is 11.1 Å². The second-order valence-corrected chi connectivity index (χ2v) is 8.63. The first-order valence-electron chi connectivity index (χ1n) is 7.67. The minimum Gasteiger partial charge on any atom is -0.496 e. The number of rotatable bonds is 6. The third-order valence-electron chi connectivity index (χ3n) is 4.30. The lowest BCUT2D eigenvalue weighted by atomic mass is 10.1. The fourth-order valence-corrected chi connectivity index (χ4v) is 4.04. The summed E-state index contributed by atoms with van der Waals surface area (Å²) in [5.41, 5.74) is 2.17. The molecule has 130 valence electrons. The fourth-order valence-electron chi connectivity index (χ4n) is 2.88. The number of aryl methyl sites for hydroxylation is 1. The van der Waals surface area contributed by atoms with Crippen LogP contribution in [-0.4, -0.2) is 68.9 Å². The first kappa shape index (κ1) is 18.2. The van der Waals surface area contributed by atoms with Gasteiger partial charge in [0.1, 0.15) is 5.75 Å². The van der Waals surface area contributed by atoms with Crippen molar-refractivity contribution in [2.45, 2.75) is 19.6 Å². The number of nitrogens with zero attached hydrogens (tertiary/aromatic N) is 2. The third-order valence-corrected chi connectivity index (χ3v) is 6.26. The molecule has 1 aliphatic heterocycles. The molecule has 6 nitrogen and oxygen atoms in total. The largest absolute Gasteiger partial charge is 0.496 e. The van der Waals surface area contributed by atoms with E-state index >= 15 is 0 Å². The van der Waals surface area contributed by atoms with Gasteiger partial charge in [-0.3, -0.25) is 4.90 Å². The van der Waals surface area contributed by atoms with Gasteiger partial charge in [-0.1, -0.05) is 12.1 Å². The molecule has 1 saturated heterocycles. The smallest absolute Gasteiger partial charge is 0.214 e. The van der Waals surface area contributed by atoms with Crippen LogP contribution in [0.5, 0.6) is 5.75 Å². The summed E-state index contributed by atoms with van der Waals surface area (Å²) in [4.78, 5) is 2.08. The Labute approximate surface area is 138 Å². The summed E-state index contributed by atoms with van der Waals surface area (Å²) >= 11 is 0. The molecular formula is C16H26N2O4S.